The molecule has 1 N–H and O–H groups in total. The molecule has 0 atom stereocenters. The van der Waals surface area contributed by atoms with Crippen LogP contribution in [0.2, 0.25) is 0 Å². The topological polar surface area (TPSA) is 80.9 Å². The molecule has 0 unspecified atom stereocenters. The van der Waals surface area contributed by atoms with Gasteiger partial charge in [-0.2, -0.15) is 0 Å². The first-order chi connectivity index (χ1) is 13.8. The summed E-state index contributed by atoms with van der Waals surface area (Å²) in [6, 6.07) is 21.0. The molecular weight excluding hydrogens is 352 g/mol. The third kappa shape index (κ3) is 4.12. The highest BCUT2D eigenvalue weighted by molar-refractivity contribution is 5.93. The van der Waals surface area contributed by atoms with Gasteiger partial charge in [0.1, 0.15) is 0 Å². The molecule has 0 aliphatic rings. The third-order valence-corrected chi connectivity index (χ3v) is 4.24. The van der Waals surface area contributed by atoms with E-state index in [2.05, 4.69) is 20.4 Å². The fraction of sp³-hybridized carbons (Fsp3) is 0.0909. The molecule has 0 fully saturated rings. The number of nitrogens with one attached hydrogen (secondary N) is 1. The van der Waals surface area contributed by atoms with Gasteiger partial charge in [-0.1, -0.05) is 65.8 Å². The molecule has 2 aromatic carbocycles. The number of aromatic nitrogens is 3. The van der Waals surface area contributed by atoms with Crippen LogP contribution in [-0.4, -0.2) is 27.6 Å². The maximum Gasteiger partial charge on any atom is 0.273 e. The average molecular weight is 370 g/mol. The molecule has 6 nitrogen and oxygen atoms in total. The molecule has 0 saturated carbocycles. The molecule has 6 heteroatoms. The lowest BCUT2D eigenvalue weighted by molar-refractivity contribution is 0.0945. The second kappa shape index (κ2) is 8.26. The van der Waals surface area contributed by atoms with Gasteiger partial charge in [0.25, 0.3) is 5.91 Å². The lowest BCUT2D eigenvalue weighted by Crippen LogP contribution is -2.26. The molecule has 0 radical (unpaired) electrons. The number of hydrogen-bond donors (Lipinski definition) is 1. The van der Waals surface area contributed by atoms with Crippen LogP contribution in [0.25, 0.3) is 22.7 Å². The summed E-state index contributed by atoms with van der Waals surface area (Å²) in [6.45, 7) is 0.459. The fourth-order valence-corrected chi connectivity index (χ4v) is 2.75. The molecule has 4 rings (SSSR count). The minimum absolute atomic E-state index is 0.259. The van der Waals surface area contributed by atoms with Crippen molar-refractivity contribution in [2.45, 2.75) is 6.42 Å². The Labute approximate surface area is 162 Å². The van der Waals surface area contributed by atoms with E-state index in [0.717, 1.165) is 16.7 Å². The minimum Gasteiger partial charge on any atom is -0.355 e. The van der Waals surface area contributed by atoms with Gasteiger partial charge in [-0.25, -0.2) is 9.97 Å². The molecule has 0 aliphatic heterocycles. The zero-order valence-corrected chi connectivity index (χ0v) is 15.1. The van der Waals surface area contributed by atoms with E-state index in [-0.39, 0.29) is 11.6 Å². The summed E-state index contributed by atoms with van der Waals surface area (Å²) in [5.41, 5.74) is 3.06. The van der Waals surface area contributed by atoms with Crippen LogP contribution in [0.3, 0.4) is 0 Å². The van der Waals surface area contributed by atoms with Crippen LogP contribution in [-0.2, 0) is 6.42 Å². The van der Waals surface area contributed by atoms with Gasteiger partial charge in [-0.3, -0.25) is 4.79 Å². The predicted octanol–water partition coefficient (Wildman–Crippen LogP) is 3.77. The summed E-state index contributed by atoms with van der Waals surface area (Å²) in [5.74, 6) is 0.979. The first kappa shape index (κ1) is 17.6. The van der Waals surface area contributed by atoms with Gasteiger partial charge >= 0.3 is 0 Å². The van der Waals surface area contributed by atoms with E-state index in [4.69, 9.17) is 4.52 Å². The Balaban J connectivity index is 1.31. The molecular formula is C22H18N4O2. The summed E-state index contributed by atoms with van der Waals surface area (Å²) >= 11 is 0. The van der Waals surface area contributed by atoms with Gasteiger partial charge in [0.2, 0.25) is 0 Å². The second-order valence-corrected chi connectivity index (χ2v) is 6.23. The molecule has 2 heterocycles. The van der Waals surface area contributed by atoms with Crippen molar-refractivity contribution in [2.75, 3.05) is 6.54 Å². The maximum atomic E-state index is 12.3. The highest BCUT2D eigenvalue weighted by Crippen LogP contribution is 2.19. The number of rotatable bonds is 6. The normalized spacial score (nSPS) is 10.6. The van der Waals surface area contributed by atoms with Gasteiger partial charge in [0.05, 0.1) is 0 Å². The quantitative estimate of drug-likeness (QED) is 0.559. The lowest BCUT2D eigenvalue weighted by Gasteiger charge is -2.04. The average Bonchev–Trinajstić information content (AvgIpc) is 3.26. The summed E-state index contributed by atoms with van der Waals surface area (Å²) < 4.78 is 5.26. The highest BCUT2D eigenvalue weighted by Gasteiger charge is 2.13. The maximum absolute atomic E-state index is 12.3. The summed E-state index contributed by atoms with van der Waals surface area (Å²) in [7, 11) is 0. The van der Waals surface area contributed by atoms with Crippen LogP contribution in [0, 0.1) is 0 Å². The smallest absolute Gasteiger partial charge is 0.273 e. The van der Waals surface area contributed by atoms with E-state index in [1.54, 1.807) is 18.5 Å². The van der Waals surface area contributed by atoms with Gasteiger partial charge in [-0.05, 0) is 12.0 Å². The van der Waals surface area contributed by atoms with Crippen LogP contribution >= 0.6 is 0 Å². The molecule has 1 amide bonds. The van der Waals surface area contributed by atoms with Crippen LogP contribution in [0.5, 0.6) is 0 Å². The molecule has 28 heavy (non-hydrogen) atoms. The van der Waals surface area contributed by atoms with Crippen molar-refractivity contribution in [3.8, 4) is 22.7 Å². The van der Waals surface area contributed by atoms with E-state index >= 15 is 0 Å². The Morgan fingerprint density at radius 1 is 0.893 bits per heavy atom. The molecule has 0 saturated heterocycles. The molecule has 0 spiro atoms. The Kier molecular flexibility index (Phi) is 5.20. The van der Waals surface area contributed by atoms with Crippen molar-refractivity contribution in [2.24, 2.45) is 0 Å². The molecule has 138 valence electrons. The number of benzene rings is 2. The van der Waals surface area contributed by atoms with Crippen molar-refractivity contribution in [3.63, 3.8) is 0 Å². The van der Waals surface area contributed by atoms with Crippen molar-refractivity contribution in [1.82, 2.24) is 20.4 Å². The molecule has 2 aromatic heterocycles. The Bertz CT molecular complexity index is 1040. The van der Waals surface area contributed by atoms with Gasteiger partial charge < -0.3 is 9.84 Å². The number of carbonyl (C=O) groups is 1. The Morgan fingerprint density at radius 3 is 2.21 bits per heavy atom. The van der Waals surface area contributed by atoms with Crippen LogP contribution in [0.4, 0.5) is 0 Å². The zero-order valence-electron chi connectivity index (χ0n) is 15.1. The largest absolute Gasteiger partial charge is 0.355 e. The predicted molar refractivity (Wildman–Crippen MR) is 105 cm³/mol. The van der Waals surface area contributed by atoms with Crippen LogP contribution in [0.1, 0.15) is 16.1 Å². The third-order valence-electron chi connectivity index (χ3n) is 4.24. The standard InChI is InChI=1S/C22H18N4O2/c27-22(19-13-20(28-26-19)17-7-3-1-4-8-17)23-12-11-16-14-24-21(25-15-16)18-9-5-2-6-10-18/h1-10,13-15H,11-12H2,(H,23,27). The second-order valence-electron chi connectivity index (χ2n) is 6.23. The van der Waals surface area contributed by atoms with E-state index in [1.165, 1.54) is 0 Å². The minimum atomic E-state index is -0.271. The van der Waals surface area contributed by atoms with Gasteiger partial charge in [0, 0.05) is 36.1 Å². The number of carbonyl (C=O) groups excluding carboxylic acids is 1. The van der Waals surface area contributed by atoms with E-state index in [1.807, 2.05) is 60.7 Å². The van der Waals surface area contributed by atoms with E-state index in [9.17, 15) is 4.79 Å². The number of amides is 1. The summed E-state index contributed by atoms with van der Waals surface area (Å²) in [6.07, 6.45) is 4.19. The Hall–Kier alpha value is -3.80. The molecule has 4 aromatic rings. The zero-order chi connectivity index (χ0) is 19.2. The van der Waals surface area contributed by atoms with Crippen molar-refractivity contribution < 1.29 is 9.32 Å². The van der Waals surface area contributed by atoms with Crippen molar-refractivity contribution in [3.05, 3.63) is 90.4 Å². The van der Waals surface area contributed by atoms with E-state index < -0.39 is 0 Å². The summed E-state index contributed by atoms with van der Waals surface area (Å²) in [4.78, 5) is 21.0. The monoisotopic (exact) mass is 370 g/mol. The van der Waals surface area contributed by atoms with Crippen molar-refractivity contribution >= 4 is 5.91 Å². The van der Waals surface area contributed by atoms with E-state index in [0.29, 0.717) is 24.6 Å². The van der Waals surface area contributed by atoms with Crippen molar-refractivity contribution in [1.29, 1.82) is 0 Å². The van der Waals surface area contributed by atoms with Crippen LogP contribution in [0.15, 0.2) is 83.6 Å². The molecule has 0 aliphatic carbocycles. The number of hydrogen-bond acceptors (Lipinski definition) is 5. The Morgan fingerprint density at radius 2 is 1.54 bits per heavy atom. The van der Waals surface area contributed by atoms with Gasteiger partial charge in [-0.15, -0.1) is 0 Å². The summed E-state index contributed by atoms with van der Waals surface area (Å²) in [5, 5.41) is 6.69. The SMILES string of the molecule is O=C(NCCc1cnc(-c2ccccc2)nc1)c1cc(-c2ccccc2)on1. The number of nitrogens with zero attached hydrogens (tertiary/aromatic N) is 3. The van der Waals surface area contributed by atoms with Crippen LogP contribution < -0.4 is 5.32 Å². The lowest BCUT2D eigenvalue weighted by atomic mass is 10.1. The van der Waals surface area contributed by atoms with Gasteiger partial charge in [0.15, 0.2) is 17.3 Å². The highest BCUT2D eigenvalue weighted by atomic mass is 16.5. The fourth-order valence-electron chi connectivity index (χ4n) is 2.75. The first-order valence-corrected chi connectivity index (χ1v) is 8.96. The first-order valence-electron chi connectivity index (χ1n) is 8.96. The molecule has 0 bridgehead atoms.